The van der Waals surface area contributed by atoms with E-state index < -0.39 is 0 Å². The molecule has 0 saturated heterocycles. The van der Waals surface area contributed by atoms with Crippen molar-refractivity contribution in [3.8, 4) is 5.75 Å². The van der Waals surface area contributed by atoms with Crippen molar-refractivity contribution >= 4 is 15.9 Å². The molecule has 0 radical (unpaired) electrons. The van der Waals surface area contributed by atoms with Crippen LogP contribution in [0.25, 0.3) is 0 Å². The Balaban J connectivity index is 1.56. The zero-order valence-corrected chi connectivity index (χ0v) is 12.6. The molecule has 1 N–H and O–H groups in total. The van der Waals surface area contributed by atoms with E-state index in [4.69, 9.17) is 4.74 Å². The molecule has 3 heteroatoms. The Hall–Kier alpha value is -0.540. The lowest BCUT2D eigenvalue weighted by Crippen LogP contribution is -2.26. The van der Waals surface area contributed by atoms with E-state index in [1.807, 2.05) is 24.3 Å². The molecule has 100 valence electrons. The first-order valence-electron chi connectivity index (χ1n) is 6.83. The van der Waals surface area contributed by atoms with Crippen LogP contribution in [-0.4, -0.2) is 19.7 Å². The minimum absolute atomic E-state index is 0.735. The third kappa shape index (κ3) is 4.62. The van der Waals surface area contributed by atoms with Crippen LogP contribution in [0.3, 0.4) is 0 Å². The minimum Gasteiger partial charge on any atom is -0.492 e. The van der Waals surface area contributed by atoms with Gasteiger partial charge in [0.2, 0.25) is 0 Å². The van der Waals surface area contributed by atoms with Crippen LogP contribution in [0.4, 0.5) is 0 Å². The van der Waals surface area contributed by atoms with E-state index in [0.29, 0.717) is 0 Å². The number of hydrogen-bond donors (Lipinski definition) is 1. The van der Waals surface area contributed by atoms with Crippen molar-refractivity contribution in [2.45, 2.75) is 26.2 Å². The average molecular weight is 312 g/mol. The van der Waals surface area contributed by atoms with Crippen LogP contribution < -0.4 is 10.1 Å². The molecule has 1 saturated carbocycles. The summed E-state index contributed by atoms with van der Waals surface area (Å²) in [6.07, 6.45) is 4.18. The molecule has 2 rings (SSSR count). The fraction of sp³-hybridized carbons (Fsp3) is 0.600. The second kappa shape index (κ2) is 7.15. The Morgan fingerprint density at radius 2 is 2.28 bits per heavy atom. The minimum atomic E-state index is 0.735. The van der Waals surface area contributed by atoms with Crippen LogP contribution in [0.15, 0.2) is 28.7 Å². The van der Waals surface area contributed by atoms with E-state index in [1.165, 1.54) is 19.3 Å². The quantitative estimate of drug-likeness (QED) is 0.806. The molecule has 0 bridgehead atoms. The van der Waals surface area contributed by atoms with Gasteiger partial charge in [-0.1, -0.05) is 35.3 Å². The van der Waals surface area contributed by atoms with Crippen LogP contribution in [0.1, 0.15) is 26.2 Å². The molecular weight excluding hydrogens is 290 g/mol. The summed E-state index contributed by atoms with van der Waals surface area (Å²) in [6.45, 7) is 5.17. The fourth-order valence-corrected chi connectivity index (χ4v) is 2.99. The maximum Gasteiger partial charge on any atom is 0.120 e. The van der Waals surface area contributed by atoms with Gasteiger partial charge in [0, 0.05) is 11.0 Å². The molecule has 1 aliphatic carbocycles. The molecule has 2 unspecified atom stereocenters. The molecule has 0 spiro atoms. The monoisotopic (exact) mass is 311 g/mol. The second-order valence-electron chi connectivity index (χ2n) is 5.29. The van der Waals surface area contributed by atoms with E-state index in [2.05, 4.69) is 28.2 Å². The Bertz CT molecular complexity index is 369. The molecule has 1 aliphatic rings. The Labute approximate surface area is 118 Å². The predicted octanol–water partition coefficient (Wildman–Crippen LogP) is 3.85. The molecule has 2 nitrogen and oxygen atoms in total. The van der Waals surface area contributed by atoms with E-state index in [0.717, 1.165) is 41.8 Å². The van der Waals surface area contributed by atoms with Gasteiger partial charge in [0.25, 0.3) is 0 Å². The van der Waals surface area contributed by atoms with Crippen LogP contribution in [0.2, 0.25) is 0 Å². The zero-order chi connectivity index (χ0) is 12.8. The second-order valence-corrected chi connectivity index (χ2v) is 6.21. The maximum atomic E-state index is 5.68. The summed E-state index contributed by atoms with van der Waals surface area (Å²) < 4.78 is 6.74. The summed E-state index contributed by atoms with van der Waals surface area (Å²) in [6, 6.07) is 7.99. The lowest BCUT2D eigenvalue weighted by molar-refractivity contribution is 0.308. The van der Waals surface area contributed by atoms with Gasteiger partial charge in [0.1, 0.15) is 12.4 Å². The molecule has 1 fully saturated rings. The number of ether oxygens (including phenoxy) is 1. The van der Waals surface area contributed by atoms with Gasteiger partial charge >= 0.3 is 0 Å². The van der Waals surface area contributed by atoms with Crippen LogP contribution in [0, 0.1) is 11.8 Å². The highest BCUT2D eigenvalue weighted by atomic mass is 79.9. The van der Waals surface area contributed by atoms with Gasteiger partial charge < -0.3 is 10.1 Å². The summed E-state index contributed by atoms with van der Waals surface area (Å²) >= 11 is 3.44. The third-order valence-corrected chi connectivity index (χ3v) is 4.07. The SMILES string of the molecule is CC1CCC(CNCCOc2cccc(Br)c2)C1. The van der Waals surface area contributed by atoms with Gasteiger partial charge in [0.05, 0.1) is 0 Å². The standard InChI is InChI=1S/C15H22BrNO/c1-12-5-6-13(9-12)11-17-7-8-18-15-4-2-3-14(16)10-15/h2-4,10,12-13,17H,5-9,11H2,1H3. The zero-order valence-electron chi connectivity index (χ0n) is 11.0. The van der Waals surface area contributed by atoms with Gasteiger partial charge in [-0.3, -0.25) is 0 Å². The van der Waals surface area contributed by atoms with Crippen molar-refractivity contribution in [1.29, 1.82) is 0 Å². The van der Waals surface area contributed by atoms with Crippen molar-refractivity contribution in [3.63, 3.8) is 0 Å². The first-order chi connectivity index (χ1) is 8.74. The average Bonchev–Trinajstić information content (AvgIpc) is 2.75. The smallest absolute Gasteiger partial charge is 0.120 e. The highest BCUT2D eigenvalue weighted by Gasteiger charge is 2.20. The van der Waals surface area contributed by atoms with Crippen LogP contribution in [0.5, 0.6) is 5.75 Å². The molecule has 1 aromatic carbocycles. The lowest BCUT2D eigenvalue weighted by atomic mass is 10.1. The van der Waals surface area contributed by atoms with Crippen molar-refractivity contribution < 1.29 is 4.74 Å². The van der Waals surface area contributed by atoms with E-state index in [1.54, 1.807) is 0 Å². The highest BCUT2D eigenvalue weighted by Crippen LogP contribution is 2.29. The maximum absolute atomic E-state index is 5.68. The first-order valence-corrected chi connectivity index (χ1v) is 7.62. The van der Waals surface area contributed by atoms with Crippen LogP contribution in [-0.2, 0) is 0 Å². The fourth-order valence-electron chi connectivity index (χ4n) is 2.61. The summed E-state index contributed by atoms with van der Waals surface area (Å²) in [4.78, 5) is 0. The number of nitrogens with one attached hydrogen (secondary N) is 1. The normalized spacial score (nSPS) is 23.2. The van der Waals surface area contributed by atoms with Crippen molar-refractivity contribution in [1.82, 2.24) is 5.32 Å². The summed E-state index contributed by atoms with van der Waals surface area (Å²) in [5, 5.41) is 3.50. The predicted molar refractivity (Wildman–Crippen MR) is 79.0 cm³/mol. The number of benzene rings is 1. The molecular formula is C15H22BrNO. The number of hydrogen-bond acceptors (Lipinski definition) is 2. The van der Waals surface area contributed by atoms with Gasteiger partial charge in [0.15, 0.2) is 0 Å². The van der Waals surface area contributed by atoms with Gasteiger partial charge in [-0.2, -0.15) is 0 Å². The van der Waals surface area contributed by atoms with Gasteiger partial charge in [-0.25, -0.2) is 0 Å². The lowest BCUT2D eigenvalue weighted by Gasteiger charge is -2.11. The number of rotatable bonds is 6. The molecule has 0 heterocycles. The van der Waals surface area contributed by atoms with E-state index in [-0.39, 0.29) is 0 Å². The van der Waals surface area contributed by atoms with Crippen molar-refractivity contribution in [2.24, 2.45) is 11.8 Å². The summed E-state index contributed by atoms with van der Waals surface area (Å²) in [7, 11) is 0. The van der Waals surface area contributed by atoms with Gasteiger partial charge in [-0.15, -0.1) is 0 Å². The first kappa shape index (κ1) is 13.9. The molecule has 1 aromatic rings. The van der Waals surface area contributed by atoms with Crippen molar-refractivity contribution in [2.75, 3.05) is 19.7 Å². The highest BCUT2D eigenvalue weighted by molar-refractivity contribution is 9.10. The Morgan fingerprint density at radius 1 is 1.39 bits per heavy atom. The Kier molecular flexibility index (Phi) is 5.51. The number of halogens is 1. The topological polar surface area (TPSA) is 21.3 Å². The van der Waals surface area contributed by atoms with Crippen LogP contribution >= 0.6 is 15.9 Å². The van der Waals surface area contributed by atoms with E-state index >= 15 is 0 Å². The molecule has 0 aromatic heterocycles. The third-order valence-electron chi connectivity index (χ3n) is 3.58. The molecule has 18 heavy (non-hydrogen) atoms. The van der Waals surface area contributed by atoms with Crippen molar-refractivity contribution in [3.05, 3.63) is 28.7 Å². The van der Waals surface area contributed by atoms with Gasteiger partial charge in [-0.05, 0) is 49.4 Å². The molecule has 0 amide bonds. The molecule has 0 aliphatic heterocycles. The summed E-state index contributed by atoms with van der Waals surface area (Å²) in [5.41, 5.74) is 0. The summed E-state index contributed by atoms with van der Waals surface area (Å²) in [5.74, 6) is 2.74. The van der Waals surface area contributed by atoms with E-state index in [9.17, 15) is 0 Å². The Morgan fingerprint density at radius 3 is 3.00 bits per heavy atom. The molecule has 2 atom stereocenters. The largest absolute Gasteiger partial charge is 0.492 e.